The van der Waals surface area contributed by atoms with Crippen molar-refractivity contribution in [3.8, 4) is 0 Å². The zero-order valence-corrected chi connectivity index (χ0v) is 17.4. The van der Waals surface area contributed by atoms with Crippen molar-refractivity contribution >= 4 is 35.0 Å². The maximum atomic E-state index is 13.2. The van der Waals surface area contributed by atoms with Gasteiger partial charge in [0, 0.05) is 32.6 Å². The molecule has 0 aliphatic carbocycles. The summed E-state index contributed by atoms with van der Waals surface area (Å²) in [7, 11) is 0. The minimum atomic E-state index is -4.61. The van der Waals surface area contributed by atoms with Crippen LogP contribution in [0.2, 0.25) is 10.0 Å². The molecule has 9 heteroatoms. The van der Waals surface area contributed by atoms with Crippen molar-refractivity contribution < 1.29 is 22.8 Å². The van der Waals surface area contributed by atoms with E-state index in [4.69, 9.17) is 23.2 Å². The predicted molar refractivity (Wildman–Crippen MR) is 109 cm³/mol. The third-order valence-electron chi connectivity index (χ3n) is 5.02. The maximum absolute atomic E-state index is 13.2. The van der Waals surface area contributed by atoms with E-state index in [1.807, 2.05) is 0 Å². The van der Waals surface area contributed by atoms with Crippen LogP contribution in [0.4, 0.5) is 13.2 Å². The third-order valence-corrected chi connectivity index (χ3v) is 5.88. The first-order valence-electron chi connectivity index (χ1n) is 9.34. The Labute approximate surface area is 182 Å². The summed E-state index contributed by atoms with van der Waals surface area (Å²) in [6, 6.07) is 9.97. The van der Waals surface area contributed by atoms with Crippen LogP contribution >= 0.6 is 23.2 Å². The Morgan fingerprint density at radius 1 is 0.900 bits per heavy atom. The summed E-state index contributed by atoms with van der Waals surface area (Å²) in [6.45, 7) is 0.882. The van der Waals surface area contributed by atoms with Crippen LogP contribution in [0.25, 0.3) is 0 Å². The number of alkyl halides is 3. The molecule has 0 atom stereocenters. The van der Waals surface area contributed by atoms with Crippen LogP contribution in [0.3, 0.4) is 0 Å². The fourth-order valence-electron chi connectivity index (χ4n) is 3.39. The van der Waals surface area contributed by atoms with Gasteiger partial charge in [0.25, 0.3) is 5.91 Å². The second-order valence-corrected chi connectivity index (χ2v) is 7.71. The highest BCUT2D eigenvalue weighted by Gasteiger charge is 2.36. The van der Waals surface area contributed by atoms with Crippen molar-refractivity contribution in [3.63, 3.8) is 0 Å². The molecule has 0 radical (unpaired) electrons. The number of halogens is 5. The van der Waals surface area contributed by atoms with Crippen LogP contribution in [0.5, 0.6) is 0 Å². The molecule has 1 aliphatic rings. The molecule has 2 amide bonds. The number of piperazine rings is 1. The van der Waals surface area contributed by atoms with Gasteiger partial charge in [-0.25, -0.2) is 0 Å². The van der Waals surface area contributed by atoms with Crippen LogP contribution in [-0.2, 0) is 17.4 Å². The van der Waals surface area contributed by atoms with Crippen LogP contribution in [0, 0.1) is 0 Å². The maximum Gasteiger partial charge on any atom is 0.417 e. The highest BCUT2D eigenvalue weighted by Crippen LogP contribution is 2.32. The average Bonchev–Trinajstić information content (AvgIpc) is 2.73. The van der Waals surface area contributed by atoms with Gasteiger partial charge in [0.2, 0.25) is 5.91 Å². The van der Waals surface area contributed by atoms with E-state index < -0.39 is 17.6 Å². The number of hydrogen-bond acceptors (Lipinski definition) is 2. The highest BCUT2D eigenvalue weighted by molar-refractivity contribution is 6.42. The number of nitrogens with zero attached hydrogens (tertiary/aromatic N) is 2. The first-order valence-corrected chi connectivity index (χ1v) is 10.1. The van der Waals surface area contributed by atoms with Gasteiger partial charge in [-0.3, -0.25) is 9.59 Å². The van der Waals surface area contributed by atoms with Crippen LogP contribution in [-0.4, -0.2) is 47.8 Å². The van der Waals surface area contributed by atoms with Gasteiger partial charge in [0.15, 0.2) is 0 Å². The Balaban J connectivity index is 1.58. The lowest BCUT2D eigenvalue weighted by atomic mass is 10.1. The van der Waals surface area contributed by atoms with Gasteiger partial charge in [-0.2, -0.15) is 13.2 Å². The van der Waals surface area contributed by atoms with Crippen molar-refractivity contribution in [3.05, 3.63) is 69.2 Å². The molecule has 1 aliphatic heterocycles. The van der Waals surface area contributed by atoms with Gasteiger partial charge in [-0.05, 0) is 30.2 Å². The Morgan fingerprint density at radius 3 is 2.20 bits per heavy atom. The molecule has 0 spiro atoms. The molecule has 0 N–H and O–H groups in total. The molecule has 160 valence electrons. The normalized spacial score (nSPS) is 14.7. The van der Waals surface area contributed by atoms with Crippen molar-refractivity contribution in [1.29, 1.82) is 0 Å². The molecule has 1 heterocycles. The van der Waals surface area contributed by atoms with E-state index in [-0.39, 0.29) is 44.1 Å². The Kier molecular flexibility index (Phi) is 6.93. The summed E-state index contributed by atoms with van der Waals surface area (Å²) < 4.78 is 39.5. The number of rotatable bonds is 4. The van der Waals surface area contributed by atoms with Crippen molar-refractivity contribution in [1.82, 2.24) is 9.80 Å². The summed E-state index contributed by atoms with van der Waals surface area (Å²) in [5, 5.41) is 0.846. The lowest BCUT2D eigenvalue weighted by Gasteiger charge is -2.35. The zero-order valence-electron chi connectivity index (χ0n) is 15.9. The zero-order chi connectivity index (χ0) is 21.9. The predicted octanol–water partition coefficient (Wildman–Crippen LogP) is 4.93. The first-order chi connectivity index (χ1) is 14.2. The van der Waals surface area contributed by atoms with Gasteiger partial charge in [0.05, 0.1) is 21.2 Å². The minimum Gasteiger partial charge on any atom is -0.339 e. The largest absolute Gasteiger partial charge is 0.417 e. The third kappa shape index (κ3) is 5.08. The molecule has 0 saturated carbocycles. The fourth-order valence-corrected chi connectivity index (χ4v) is 3.80. The second kappa shape index (κ2) is 9.27. The Hall–Kier alpha value is -2.25. The van der Waals surface area contributed by atoms with Gasteiger partial charge in [-0.15, -0.1) is 0 Å². The quantitative estimate of drug-likeness (QED) is 0.651. The molecular weight excluding hydrogens is 440 g/mol. The van der Waals surface area contributed by atoms with Gasteiger partial charge < -0.3 is 9.80 Å². The first kappa shape index (κ1) is 22.4. The van der Waals surface area contributed by atoms with E-state index in [0.29, 0.717) is 16.5 Å². The lowest BCUT2D eigenvalue weighted by Crippen LogP contribution is -2.50. The molecular formula is C21H19Cl2F3N2O2. The molecule has 2 aromatic carbocycles. The van der Waals surface area contributed by atoms with E-state index >= 15 is 0 Å². The Bertz CT molecular complexity index is 942. The van der Waals surface area contributed by atoms with Crippen molar-refractivity contribution in [2.45, 2.75) is 19.0 Å². The monoisotopic (exact) mass is 458 g/mol. The molecule has 2 aromatic rings. The molecule has 4 nitrogen and oxygen atoms in total. The molecule has 0 aromatic heterocycles. The van der Waals surface area contributed by atoms with E-state index in [2.05, 4.69) is 0 Å². The highest BCUT2D eigenvalue weighted by atomic mass is 35.5. The standard InChI is InChI=1S/C21H19Cl2F3N2O2/c22-17-7-3-4-14(19(17)23)8-9-18(29)27-10-12-28(13-11-27)20(30)15-5-1-2-6-16(15)21(24,25)26/h1-7H,8-13H2. The number of carbonyl (C=O) groups is 2. The summed E-state index contributed by atoms with van der Waals surface area (Å²) in [5.41, 5.74) is -0.553. The lowest BCUT2D eigenvalue weighted by molar-refractivity contribution is -0.138. The van der Waals surface area contributed by atoms with E-state index in [1.54, 1.807) is 23.1 Å². The number of benzene rings is 2. The topological polar surface area (TPSA) is 40.6 Å². The number of hydrogen-bond donors (Lipinski definition) is 0. The van der Waals surface area contributed by atoms with Crippen molar-refractivity contribution in [2.24, 2.45) is 0 Å². The molecule has 1 fully saturated rings. The summed E-state index contributed by atoms with van der Waals surface area (Å²) in [5.74, 6) is -0.783. The van der Waals surface area contributed by atoms with Gasteiger partial charge in [-0.1, -0.05) is 47.5 Å². The number of amides is 2. The van der Waals surface area contributed by atoms with Crippen LogP contribution in [0.1, 0.15) is 27.9 Å². The fraction of sp³-hybridized carbons (Fsp3) is 0.333. The average molecular weight is 459 g/mol. The number of carbonyl (C=O) groups excluding carboxylic acids is 2. The SMILES string of the molecule is O=C(CCc1cccc(Cl)c1Cl)N1CCN(C(=O)c2ccccc2C(F)(F)F)CC1. The molecule has 0 unspecified atom stereocenters. The summed E-state index contributed by atoms with van der Waals surface area (Å²) in [4.78, 5) is 28.1. The number of aryl methyl sites for hydroxylation is 1. The van der Waals surface area contributed by atoms with Crippen LogP contribution < -0.4 is 0 Å². The van der Waals surface area contributed by atoms with E-state index in [1.165, 1.54) is 23.1 Å². The molecule has 30 heavy (non-hydrogen) atoms. The second-order valence-electron chi connectivity index (χ2n) is 6.93. The molecule has 1 saturated heterocycles. The Morgan fingerprint density at radius 2 is 1.53 bits per heavy atom. The van der Waals surface area contributed by atoms with E-state index in [0.717, 1.165) is 11.6 Å². The smallest absolute Gasteiger partial charge is 0.339 e. The minimum absolute atomic E-state index is 0.103. The molecule has 0 bridgehead atoms. The van der Waals surface area contributed by atoms with E-state index in [9.17, 15) is 22.8 Å². The summed E-state index contributed by atoms with van der Waals surface area (Å²) >= 11 is 12.1. The molecule has 3 rings (SSSR count). The van der Waals surface area contributed by atoms with Crippen LogP contribution in [0.15, 0.2) is 42.5 Å². The van der Waals surface area contributed by atoms with Crippen molar-refractivity contribution in [2.75, 3.05) is 26.2 Å². The summed E-state index contributed by atoms with van der Waals surface area (Å²) in [6.07, 6.45) is -3.95. The van der Waals surface area contributed by atoms with Gasteiger partial charge >= 0.3 is 6.18 Å². The van der Waals surface area contributed by atoms with Gasteiger partial charge in [0.1, 0.15) is 0 Å².